The fourth-order valence-electron chi connectivity index (χ4n) is 2.90. The zero-order valence-electron chi connectivity index (χ0n) is 15.7. The van der Waals surface area contributed by atoms with E-state index >= 15 is 0 Å². The topological polar surface area (TPSA) is 109 Å². The van der Waals surface area contributed by atoms with Crippen molar-refractivity contribution < 1.29 is 14.3 Å². The third-order valence-electron chi connectivity index (χ3n) is 4.26. The van der Waals surface area contributed by atoms with Crippen LogP contribution in [-0.2, 0) is 11.2 Å². The van der Waals surface area contributed by atoms with Crippen LogP contribution in [0, 0.1) is 0 Å². The number of carbonyl (C=O) groups excluding carboxylic acids is 2. The van der Waals surface area contributed by atoms with Crippen molar-refractivity contribution in [3.8, 4) is 5.75 Å². The van der Waals surface area contributed by atoms with Crippen molar-refractivity contribution in [2.45, 2.75) is 6.42 Å². The molecule has 0 bridgehead atoms. The van der Waals surface area contributed by atoms with E-state index in [9.17, 15) is 9.59 Å². The van der Waals surface area contributed by atoms with Gasteiger partial charge in [-0.15, -0.1) is 11.3 Å². The average Bonchev–Trinajstić information content (AvgIpc) is 3.37. The van der Waals surface area contributed by atoms with E-state index in [0.717, 1.165) is 0 Å². The molecule has 2 heterocycles. The Labute approximate surface area is 180 Å². The van der Waals surface area contributed by atoms with Crippen LogP contribution in [0.15, 0.2) is 47.3 Å². The number of hydrogen-bond donors (Lipinski definition) is 3. The molecule has 4 aromatic rings. The molecule has 2 aromatic carbocycles. The van der Waals surface area contributed by atoms with Crippen LogP contribution in [0.1, 0.15) is 16.1 Å². The Morgan fingerprint density at radius 3 is 2.83 bits per heavy atom. The maximum atomic E-state index is 12.4. The molecule has 4 rings (SSSR count). The first-order chi connectivity index (χ1) is 14.5. The molecule has 0 spiro atoms. The zero-order chi connectivity index (χ0) is 21.1. The molecule has 0 saturated heterocycles. The Kier molecular flexibility index (Phi) is 5.64. The standard InChI is InChI=1S/C20H16ClN5O3S/c1-29-17-5-2-12(21)6-11(17)7-18(27)26-20-24-14-4-3-13(8-15(14)25-20)23-19(28)16-9-30-10-22-16/h2-6,8-10H,7H2,1H3,(H,23,28)(H2,24,25,26,27). The van der Waals surface area contributed by atoms with E-state index in [1.165, 1.54) is 18.4 Å². The summed E-state index contributed by atoms with van der Waals surface area (Å²) in [7, 11) is 1.54. The van der Waals surface area contributed by atoms with Gasteiger partial charge in [-0.3, -0.25) is 14.9 Å². The normalized spacial score (nSPS) is 10.7. The summed E-state index contributed by atoms with van der Waals surface area (Å²) in [6, 6.07) is 10.3. The summed E-state index contributed by atoms with van der Waals surface area (Å²) in [5.74, 6) is 0.324. The second-order valence-electron chi connectivity index (χ2n) is 6.33. The maximum absolute atomic E-state index is 12.4. The number of nitrogens with one attached hydrogen (secondary N) is 3. The van der Waals surface area contributed by atoms with Gasteiger partial charge < -0.3 is 15.0 Å². The number of thiazole rings is 1. The van der Waals surface area contributed by atoms with Crippen molar-refractivity contribution in [1.82, 2.24) is 15.0 Å². The van der Waals surface area contributed by atoms with Crippen LogP contribution in [0.5, 0.6) is 5.75 Å². The number of benzene rings is 2. The summed E-state index contributed by atoms with van der Waals surface area (Å²) in [6.45, 7) is 0. The first kappa shape index (κ1) is 19.9. The molecule has 8 nitrogen and oxygen atoms in total. The first-order valence-corrected chi connectivity index (χ1v) is 10.2. The lowest BCUT2D eigenvalue weighted by Gasteiger charge is -2.08. The SMILES string of the molecule is COc1ccc(Cl)cc1CC(=O)Nc1nc2ccc(NC(=O)c3cscn3)cc2[nH]1. The second kappa shape index (κ2) is 8.52. The maximum Gasteiger partial charge on any atom is 0.275 e. The van der Waals surface area contributed by atoms with E-state index < -0.39 is 0 Å². The van der Waals surface area contributed by atoms with E-state index in [0.29, 0.717) is 44.7 Å². The summed E-state index contributed by atoms with van der Waals surface area (Å²) < 4.78 is 5.27. The fourth-order valence-corrected chi connectivity index (χ4v) is 3.63. The van der Waals surface area contributed by atoms with Crippen LogP contribution in [-0.4, -0.2) is 33.9 Å². The molecule has 0 atom stereocenters. The van der Waals surface area contributed by atoms with Crippen LogP contribution in [0.25, 0.3) is 11.0 Å². The van der Waals surface area contributed by atoms with Gasteiger partial charge >= 0.3 is 0 Å². The number of aromatic nitrogens is 3. The fraction of sp³-hybridized carbons (Fsp3) is 0.100. The number of rotatable bonds is 6. The first-order valence-electron chi connectivity index (χ1n) is 8.83. The number of H-pyrrole nitrogens is 1. The van der Waals surface area contributed by atoms with Crippen molar-refractivity contribution in [2.24, 2.45) is 0 Å². The van der Waals surface area contributed by atoms with E-state index in [-0.39, 0.29) is 18.2 Å². The van der Waals surface area contributed by atoms with Gasteiger partial charge in [-0.1, -0.05) is 11.6 Å². The molecule has 0 aliphatic heterocycles. The molecule has 0 aliphatic carbocycles. The predicted octanol–water partition coefficient (Wildman–Crippen LogP) is 4.11. The monoisotopic (exact) mass is 441 g/mol. The minimum Gasteiger partial charge on any atom is -0.496 e. The second-order valence-corrected chi connectivity index (χ2v) is 7.48. The number of imidazole rings is 1. The third kappa shape index (κ3) is 4.42. The molecule has 10 heteroatoms. The number of aromatic amines is 1. The number of carbonyl (C=O) groups is 2. The highest BCUT2D eigenvalue weighted by Gasteiger charge is 2.13. The van der Waals surface area contributed by atoms with Gasteiger partial charge in [-0.25, -0.2) is 9.97 Å². The average molecular weight is 442 g/mol. The lowest BCUT2D eigenvalue weighted by molar-refractivity contribution is -0.115. The highest BCUT2D eigenvalue weighted by molar-refractivity contribution is 7.07. The highest BCUT2D eigenvalue weighted by Crippen LogP contribution is 2.24. The van der Waals surface area contributed by atoms with Crippen molar-refractivity contribution in [3.63, 3.8) is 0 Å². The van der Waals surface area contributed by atoms with Crippen molar-refractivity contribution >= 4 is 57.4 Å². The smallest absolute Gasteiger partial charge is 0.275 e. The number of hydrogen-bond acceptors (Lipinski definition) is 6. The molecule has 0 aliphatic rings. The number of fused-ring (bicyclic) bond motifs is 1. The molecule has 0 unspecified atom stereocenters. The molecular weight excluding hydrogens is 426 g/mol. The van der Waals surface area contributed by atoms with E-state index in [2.05, 4.69) is 25.6 Å². The molecule has 3 N–H and O–H groups in total. The number of anilines is 2. The molecule has 0 radical (unpaired) electrons. The summed E-state index contributed by atoms with van der Waals surface area (Å²) >= 11 is 7.37. The summed E-state index contributed by atoms with van der Waals surface area (Å²) in [5, 5.41) is 7.71. The molecule has 30 heavy (non-hydrogen) atoms. The lowest BCUT2D eigenvalue weighted by Crippen LogP contribution is -2.15. The summed E-state index contributed by atoms with van der Waals surface area (Å²) in [5.41, 5.74) is 4.53. The molecule has 2 amide bonds. The lowest BCUT2D eigenvalue weighted by atomic mass is 10.1. The predicted molar refractivity (Wildman–Crippen MR) is 116 cm³/mol. The molecule has 2 aromatic heterocycles. The largest absolute Gasteiger partial charge is 0.496 e. The minimum atomic E-state index is -0.292. The van der Waals surface area contributed by atoms with Gasteiger partial charge in [0.25, 0.3) is 5.91 Å². The van der Waals surface area contributed by atoms with Gasteiger partial charge in [-0.05, 0) is 36.4 Å². The highest BCUT2D eigenvalue weighted by atomic mass is 35.5. The quantitative estimate of drug-likeness (QED) is 0.417. The van der Waals surface area contributed by atoms with Crippen LogP contribution in [0.3, 0.4) is 0 Å². The van der Waals surface area contributed by atoms with E-state index in [1.807, 2.05) is 0 Å². The van der Waals surface area contributed by atoms with E-state index in [1.54, 1.807) is 47.3 Å². The Morgan fingerprint density at radius 1 is 1.20 bits per heavy atom. The molecule has 0 fully saturated rings. The van der Waals surface area contributed by atoms with Crippen LogP contribution in [0.4, 0.5) is 11.6 Å². The van der Waals surface area contributed by atoms with Crippen molar-refractivity contribution in [3.05, 3.63) is 63.6 Å². The summed E-state index contributed by atoms with van der Waals surface area (Å²) in [6.07, 6.45) is 0.0791. The van der Waals surface area contributed by atoms with Gasteiger partial charge in [0.1, 0.15) is 11.4 Å². The zero-order valence-corrected chi connectivity index (χ0v) is 17.3. The Bertz CT molecular complexity index is 1220. The molecular formula is C20H16ClN5O3S. The van der Waals surface area contributed by atoms with Crippen molar-refractivity contribution in [1.29, 1.82) is 0 Å². The Balaban J connectivity index is 1.46. The Hall–Kier alpha value is -3.43. The van der Waals surface area contributed by atoms with Gasteiger partial charge in [-0.2, -0.15) is 0 Å². The van der Waals surface area contributed by atoms with Gasteiger partial charge in [0.15, 0.2) is 0 Å². The van der Waals surface area contributed by atoms with E-state index in [4.69, 9.17) is 16.3 Å². The van der Waals surface area contributed by atoms with Crippen LogP contribution < -0.4 is 15.4 Å². The number of ether oxygens (including phenoxy) is 1. The van der Waals surface area contributed by atoms with Crippen LogP contribution in [0.2, 0.25) is 5.02 Å². The van der Waals surface area contributed by atoms with Gasteiger partial charge in [0.05, 0.1) is 30.1 Å². The van der Waals surface area contributed by atoms with Gasteiger partial charge in [0.2, 0.25) is 11.9 Å². The molecule has 0 saturated carbocycles. The van der Waals surface area contributed by atoms with Crippen molar-refractivity contribution in [2.75, 3.05) is 17.7 Å². The number of methoxy groups -OCH3 is 1. The van der Waals surface area contributed by atoms with Gasteiger partial charge in [0, 0.05) is 21.7 Å². The molecule has 152 valence electrons. The minimum absolute atomic E-state index is 0.0791. The Morgan fingerprint density at radius 2 is 2.07 bits per heavy atom. The van der Waals surface area contributed by atoms with Crippen LogP contribution >= 0.6 is 22.9 Å². The number of halogens is 1. The summed E-state index contributed by atoms with van der Waals surface area (Å²) in [4.78, 5) is 36.0. The third-order valence-corrected chi connectivity index (χ3v) is 5.08. The number of amides is 2. The number of nitrogens with zero attached hydrogens (tertiary/aromatic N) is 2.